The van der Waals surface area contributed by atoms with Crippen molar-refractivity contribution >= 4 is 28.7 Å². The summed E-state index contributed by atoms with van der Waals surface area (Å²) in [6.45, 7) is 4.49. The van der Waals surface area contributed by atoms with Crippen LogP contribution in [0.5, 0.6) is 0 Å². The van der Waals surface area contributed by atoms with E-state index in [0.717, 1.165) is 27.7 Å². The molecule has 0 atom stereocenters. The third-order valence-corrected chi connectivity index (χ3v) is 4.24. The molecule has 0 unspecified atom stereocenters. The summed E-state index contributed by atoms with van der Waals surface area (Å²) in [5.41, 5.74) is 10.3. The number of benzene rings is 2. The van der Waals surface area contributed by atoms with Crippen LogP contribution in [0.2, 0.25) is 0 Å². The average molecular weight is 333 g/mol. The molecular weight excluding hydrogens is 314 g/mol. The van der Waals surface area contributed by atoms with Crippen LogP contribution in [0.15, 0.2) is 47.5 Å². The van der Waals surface area contributed by atoms with Gasteiger partial charge in [-0.15, -0.1) is 0 Å². The molecule has 6 nitrogen and oxygen atoms in total. The number of H-pyrrole nitrogens is 1. The number of aliphatic imine (C=N–C) groups is 1. The molecule has 3 aromatic rings. The second-order valence-corrected chi connectivity index (χ2v) is 6.45. The highest BCUT2D eigenvalue weighted by atomic mass is 16.2. The molecule has 0 radical (unpaired) electrons. The van der Waals surface area contributed by atoms with E-state index in [4.69, 9.17) is 5.73 Å². The zero-order valence-electron chi connectivity index (χ0n) is 14.2. The lowest BCUT2D eigenvalue weighted by Crippen LogP contribution is -2.24. The molecule has 0 saturated carbocycles. The molecule has 0 fully saturated rings. The third kappa shape index (κ3) is 2.65. The zero-order valence-corrected chi connectivity index (χ0v) is 14.2. The summed E-state index contributed by atoms with van der Waals surface area (Å²) in [5, 5.41) is 0. The van der Waals surface area contributed by atoms with Gasteiger partial charge in [0.2, 0.25) is 5.95 Å². The number of rotatable bonds is 3. The standard InChI is InChI=1S/C19H19N5O/c1-11(2)21-17(20)12-7-8-15-16(9-12)23-19(22-15)24-10-13-5-3-4-6-14(13)18(24)25/h3-9,11H,10H2,1-2H3,(H2,20,21)(H,22,23). The number of amides is 1. The lowest BCUT2D eigenvalue weighted by Gasteiger charge is -2.10. The molecule has 2 aromatic carbocycles. The van der Waals surface area contributed by atoms with Gasteiger partial charge in [-0.25, -0.2) is 4.98 Å². The fraction of sp³-hybridized carbons (Fsp3) is 0.211. The Morgan fingerprint density at radius 3 is 2.84 bits per heavy atom. The van der Waals surface area contributed by atoms with E-state index in [-0.39, 0.29) is 11.9 Å². The van der Waals surface area contributed by atoms with Crippen LogP contribution in [0.1, 0.15) is 35.3 Å². The smallest absolute Gasteiger partial charge is 0.261 e. The van der Waals surface area contributed by atoms with Crippen molar-refractivity contribution in [3.8, 4) is 0 Å². The van der Waals surface area contributed by atoms with Crippen LogP contribution < -0.4 is 10.6 Å². The molecule has 6 heteroatoms. The van der Waals surface area contributed by atoms with Crippen LogP contribution in [0.4, 0.5) is 5.95 Å². The van der Waals surface area contributed by atoms with Gasteiger partial charge in [0.25, 0.3) is 5.91 Å². The van der Waals surface area contributed by atoms with E-state index in [1.165, 1.54) is 0 Å². The fourth-order valence-electron chi connectivity index (χ4n) is 3.06. The van der Waals surface area contributed by atoms with Crippen LogP contribution >= 0.6 is 0 Å². The Morgan fingerprint density at radius 2 is 2.08 bits per heavy atom. The van der Waals surface area contributed by atoms with Crippen LogP contribution in [-0.4, -0.2) is 27.8 Å². The van der Waals surface area contributed by atoms with Crippen molar-refractivity contribution in [3.05, 3.63) is 59.2 Å². The minimum Gasteiger partial charge on any atom is -0.383 e. The molecule has 1 aliphatic rings. The Morgan fingerprint density at radius 1 is 1.28 bits per heavy atom. The molecule has 0 spiro atoms. The normalized spacial score (nSPS) is 14.6. The Labute approximate surface area is 145 Å². The van der Waals surface area contributed by atoms with E-state index >= 15 is 0 Å². The van der Waals surface area contributed by atoms with Crippen molar-refractivity contribution in [2.45, 2.75) is 26.4 Å². The van der Waals surface area contributed by atoms with E-state index < -0.39 is 0 Å². The number of aromatic nitrogens is 2. The zero-order chi connectivity index (χ0) is 17.6. The Bertz CT molecular complexity index is 1000. The number of hydrogen-bond donors (Lipinski definition) is 2. The van der Waals surface area contributed by atoms with Gasteiger partial charge in [0.05, 0.1) is 17.6 Å². The minimum atomic E-state index is -0.0317. The average Bonchev–Trinajstić information content (AvgIpc) is 3.15. The number of aromatic amines is 1. The van der Waals surface area contributed by atoms with Crippen LogP contribution in [0.25, 0.3) is 11.0 Å². The summed E-state index contributed by atoms with van der Waals surface area (Å²) >= 11 is 0. The largest absolute Gasteiger partial charge is 0.383 e. The van der Waals surface area contributed by atoms with Crippen molar-refractivity contribution in [2.24, 2.45) is 10.7 Å². The molecule has 3 N–H and O–H groups in total. The van der Waals surface area contributed by atoms with E-state index in [1.54, 1.807) is 4.90 Å². The predicted molar refractivity (Wildman–Crippen MR) is 98.9 cm³/mol. The van der Waals surface area contributed by atoms with Gasteiger partial charge >= 0.3 is 0 Å². The lowest BCUT2D eigenvalue weighted by atomic mass is 10.1. The van der Waals surface area contributed by atoms with Gasteiger partial charge in [0.15, 0.2) is 0 Å². The summed E-state index contributed by atoms with van der Waals surface area (Å²) in [5.74, 6) is 1.01. The van der Waals surface area contributed by atoms with Crippen LogP contribution in [0.3, 0.4) is 0 Å². The highest BCUT2D eigenvalue weighted by Gasteiger charge is 2.29. The summed E-state index contributed by atoms with van der Waals surface area (Å²) in [6.07, 6.45) is 0. The molecule has 1 aromatic heterocycles. The molecule has 1 aliphatic heterocycles. The van der Waals surface area contributed by atoms with Gasteiger partial charge in [0, 0.05) is 17.2 Å². The van der Waals surface area contributed by atoms with Gasteiger partial charge in [-0.1, -0.05) is 18.2 Å². The SMILES string of the molecule is CC(C)N=C(N)c1ccc2nc(N3Cc4ccccc4C3=O)[nH]c2c1. The minimum absolute atomic E-state index is 0.0317. The first kappa shape index (κ1) is 15.4. The first-order valence-electron chi connectivity index (χ1n) is 8.26. The molecule has 126 valence electrons. The number of nitrogens with two attached hydrogens (primary N) is 1. The number of carbonyl (C=O) groups is 1. The van der Waals surface area contributed by atoms with Crippen molar-refractivity contribution in [1.82, 2.24) is 9.97 Å². The monoisotopic (exact) mass is 333 g/mol. The second kappa shape index (κ2) is 5.73. The topological polar surface area (TPSA) is 87.4 Å². The van der Waals surface area contributed by atoms with Crippen molar-refractivity contribution in [3.63, 3.8) is 0 Å². The van der Waals surface area contributed by atoms with Crippen LogP contribution in [-0.2, 0) is 6.54 Å². The second-order valence-electron chi connectivity index (χ2n) is 6.45. The van der Waals surface area contributed by atoms with E-state index in [9.17, 15) is 4.79 Å². The molecule has 0 aliphatic carbocycles. The highest BCUT2D eigenvalue weighted by molar-refractivity contribution is 6.09. The van der Waals surface area contributed by atoms with Crippen molar-refractivity contribution < 1.29 is 4.79 Å². The van der Waals surface area contributed by atoms with Gasteiger partial charge in [0.1, 0.15) is 5.84 Å². The van der Waals surface area contributed by atoms with Gasteiger partial charge in [-0.3, -0.25) is 14.7 Å². The molecule has 0 bridgehead atoms. The Hall–Kier alpha value is -3.15. The van der Waals surface area contributed by atoms with Gasteiger partial charge < -0.3 is 10.7 Å². The Kier molecular flexibility index (Phi) is 3.53. The first-order chi connectivity index (χ1) is 12.0. The number of imidazole rings is 1. The third-order valence-electron chi connectivity index (χ3n) is 4.24. The van der Waals surface area contributed by atoms with E-state index in [0.29, 0.717) is 18.3 Å². The van der Waals surface area contributed by atoms with Crippen molar-refractivity contribution in [1.29, 1.82) is 0 Å². The molecule has 4 rings (SSSR count). The maximum atomic E-state index is 12.6. The van der Waals surface area contributed by atoms with Crippen molar-refractivity contribution in [2.75, 3.05) is 4.90 Å². The number of amidine groups is 1. The molecule has 0 saturated heterocycles. The maximum absolute atomic E-state index is 12.6. The number of anilines is 1. The molecular formula is C19H19N5O. The first-order valence-corrected chi connectivity index (χ1v) is 8.26. The summed E-state index contributed by atoms with van der Waals surface area (Å²) < 4.78 is 0. The quantitative estimate of drug-likeness (QED) is 0.571. The maximum Gasteiger partial charge on any atom is 0.261 e. The summed E-state index contributed by atoms with van der Waals surface area (Å²) in [7, 11) is 0. The summed E-state index contributed by atoms with van der Waals surface area (Å²) in [4.78, 5) is 26.4. The van der Waals surface area contributed by atoms with E-state index in [1.807, 2.05) is 56.3 Å². The van der Waals surface area contributed by atoms with Gasteiger partial charge in [-0.2, -0.15) is 0 Å². The highest BCUT2D eigenvalue weighted by Crippen LogP contribution is 2.28. The fourth-order valence-corrected chi connectivity index (χ4v) is 3.06. The van der Waals surface area contributed by atoms with Crippen LogP contribution in [0, 0.1) is 0 Å². The molecule has 1 amide bonds. The number of fused-ring (bicyclic) bond motifs is 2. The number of carbonyl (C=O) groups excluding carboxylic acids is 1. The number of nitrogens with zero attached hydrogens (tertiary/aromatic N) is 3. The molecule has 25 heavy (non-hydrogen) atoms. The Balaban J connectivity index is 1.70. The van der Waals surface area contributed by atoms with E-state index in [2.05, 4.69) is 15.0 Å². The lowest BCUT2D eigenvalue weighted by molar-refractivity contribution is 0.0995. The van der Waals surface area contributed by atoms with Gasteiger partial charge in [-0.05, 0) is 43.7 Å². The predicted octanol–water partition coefficient (Wildman–Crippen LogP) is 2.84. The molecule has 2 heterocycles. The summed E-state index contributed by atoms with van der Waals surface area (Å²) in [6, 6.07) is 13.5. The number of hydrogen-bond acceptors (Lipinski definition) is 3. The number of nitrogens with one attached hydrogen (secondary N) is 1.